The van der Waals surface area contributed by atoms with Crippen LogP contribution >= 0.6 is 0 Å². The van der Waals surface area contributed by atoms with Gasteiger partial charge in [0.25, 0.3) is 0 Å². The first-order valence-electron chi connectivity index (χ1n) is 3.96. The van der Waals surface area contributed by atoms with E-state index in [2.05, 4.69) is 9.78 Å². The van der Waals surface area contributed by atoms with Crippen LogP contribution in [0.15, 0.2) is 18.2 Å². The number of hydrogen-bond donors (Lipinski definition) is 2. The van der Waals surface area contributed by atoms with Crippen molar-refractivity contribution in [3.63, 3.8) is 0 Å². The summed E-state index contributed by atoms with van der Waals surface area (Å²) in [6.45, 7) is 3.89. The molecule has 0 bridgehead atoms. The fourth-order valence-corrected chi connectivity index (χ4v) is 1.16. The molecule has 1 aromatic rings. The van der Waals surface area contributed by atoms with E-state index >= 15 is 0 Å². The first-order chi connectivity index (χ1) is 6.20. The van der Waals surface area contributed by atoms with Crippen LogP contribution in [0.4, 0.5) is 0 Å². The minimum atomic E-state index is 0.105. The van der Waals surface area contributed by atoms with Crippen LogP contribution in [-0.2, 0) is 0 Å². The van der Waals surface area contributed by atoms with E-state index in [-0.39, 0.29) is 17.4 Å². The molecule has 0 heterocycles. The monoisotopic (exact) mass is 184 g/mol. The zero-order chi connectivity index (χ0) is 9.84. The van der Waals surface area contributed by atoms with Crippen LogP contribution in [-0.4, -0.2) is 10.5 Å². The summed E-state index contributed by atoms with van der Waals surface area (Å²) in [5, 5.41) is 17.1. The van der Waals surface area contributed by atoms with Crippen LogP contribution in [0.5, 0.6) is 11.5 Å². The van der Waals surface area contributed by atoms with Crippen molar-refractivity contribution < 1.29 is 20.3 Å². The molecule has 0 fully saturated rings. The Morgan fingerprint density at radius 1 is 1.15 bits per heavy atom. The normalized spacial score (nSPS) is 10.2. The molecule has 1 rings (SSSR count). The summed E-state index contributed by atoms with van der Waals surface area (Å²) in [5.74, 6) is 0.436. The van der Waals surface area contributed by atoms with Crippen LogP contribution in [0.2, 0.25) is 0 Å². The predicted octanol–water partition coefficient (Wildman–Crippen LogP) is 2.51. The van der Waals surface area contributed by atoms with Gasteiger partial charge in [0.1, 0.15) is 0 Å². The number of benzene rings is 1. The lowest BCUT2D eigenvalue weighted by Crippen LogP contribution is -1.97. The van der Waals surface area contributed by atoms with Gasteiger partial charge in [-0.25, -0.2) is 10.5 Å². The maximum absolute atomic E-state index is 8.59. The third-order valence-electron chi connectivity index (χ3n) is 1.82. The molecule has 0 aliphatic heterocycles. The van der Waals surface area contributed by atoms with Crippen LogP contribution in [0.3, 0.4) is 0 Å². The SMILES string of the molecule is CC(C)c1cccc(OO)c1OO. The Bertz CT molecular complexity index is 283. The van der Waals surface area contributed by atoms with Crippen molar-refractivity contribution in [2.45, 2.75) is 19.8 Å². The molecular weight excluding hydrogens is 172 g/mol. The highest BCUT2D eigenvalue weighted by Gasteiger charge is 2.14. The van der Waals surface area contributed by atoms with Crippen LogP contribution in [0.1, 0.15) is 25.3 Å². The van der Waals surface area contributed by atoms with Gasteiger partial charge in [0.05, 0.1) is 0 Å². The smallest absolute Gasteiger partial charge is 0.214 e. The van der Waals surface area contributed by atoms with Gasteiger partial charge < -0.3 is 9.78 Å². The van der Waals surface area contributed by atoms with Gasteiger partial charge in [-0.15, -0.1) is 0 Å². The third kappa shape index (κ3) is 1.91. The van der Waals surface area contributed by atoms with Crippen molar-refractivity contribution in [3.05, 3.63) is 23.8 Å². The highest BCUT2D eigenvalue weighted by atomic mass is 17.1. The Hall–Kier alpha value is -1.26. The average Bonchev–Trinajstić information content (AvgIpc) is 2.16. The Balaban J connectivity index is 3.19. The molecule has 0 spiro atoms. The first-order valence-corrected chi connectivity index (χ1v) is 3.96. The molecular formula is C9H12O4. The lowest BCUT2D eigenvalue weighted by molar-refractivity contribution is -0.164. The van der Waals surface area contributed by atoms with Gasteiger partial charge in [0, 0.05) is 5.56 Å². The summed E-state index contributed by atoms with van der Waals surface area (Å²) in [7, 11) is 0. The lowest BCUT2D eigenvalue weighted by atomic mass is 10.0. The quantitative estimate of drug-likeness (QED) is 0.559. The highest BCUT2D eigenvalue weighted by molar-refractivity contribution is 5.47. The van der Waals surface area contributed by atoms with Crippen molar-refractivity contribution in [1.29, 1.82) is 0 Å². The van der Waals surface area contributed by atoms with E-state index < -0.39 is 0 Å². The van der Waals surface area contributed by atoms with E-state index in [1.54, 1.807) is 12.1 Å². The van der Waals surface area contributed by atoms with Crippen LogP contribution in [0, 0.1) is 0 Å². The van der Waals surface area contributed by atoms with Crippen molar-refractivity contribution in [1.82, 2.24) is 0 Å². The Kier molecular flexibility index (Phi) is 3.11. The number of rotatable bonds is 3. The molecule has 4 nitrogen and oxygen atoms in total. The van der Waals surface area contributed by atoms with E-state index in [4.69, 9.17) is 10.5 Å². The van der Waals surface area contributed by atoms with Gasteiger partial charge >= 0.3 is 0 Å². The van der Waals surface area contributed by atoms with Gasteiger partial charge in [-0.1, -0.05) is 26.0 Å². The van der Waals surface area contributed by atoms with E-state index in [1.807, 2.05) is 13.8 Å². The van der Waals surface area contributed by atoms with Crippen molar-refractivity contribution >= 4 is 0 Å². The van der Waals surface area contributed by atoms with Gasteiger partial charge in [0.2, 0.25) is 11.5 Å². The van der Waals surface area contributed by atoms with Crippen molar-refractivity contribution in [2.24, 2.45) is 0 Å². The Morgan fingerprint density at radius 3 is 2.31 bits per heavy atom. The van der Waals surface area contributed by atoms with E-state index in [9.17, 15) is 0 Å². The summed E-state index contributed by atoms with van der Waals surface area (Å²) in [6.07, 6.45) is 0. The fourth-order valence-electron chi connectivity index (χ4n) is 1.16. The van der Waals surface area contributed by atoms with Gasteiger partial charge in [-0.2, -0.15) is 0 Å². The second-order valence-electron chi connectivity index (χ2n) is 3.01. The highest BCUT2D eigenvalue weighted by Crippen LogP contribution is 2.34. The molecule has 0 aliphatic carbocycles. The maximum atomic E-state index is 8.59. The summed E-state index contributed by atoms with van der Waals surface area (Å²) in [6, 6.07) is 5.00. The molecule has 0 atom stereocenters. The zero-order valence-corrected chi connectivity index (χ0v) is 7.52. The third-order valence-corrected chi connectivity index (χ3v) is 1.82. The van der Waals surface area contributed by atoms with Crippen molar-refractivity contribution in [3.8, 4) is 11.5 Å². The molecule has 0 aromatic heterocycles. The molecule has 0 aliphatic rings. The topological polar surface area (TPSA) is 58.9 Å². The van der Waals surface area contributed by atoms with Crippen LogP contribution in [0.25, 0.3) is 0 Å². The predicted molar refractivity (Wildman–Crippen MR) is 47.0 cm³/mol. The van der Waals surface area contributed by atoms with Crippen LogP contribution < -0.4 is 9.78 Å². The Labute approximate surface area is 76.2 Å². The molecule has 0 saturated heterocycles. The van der Waals surface area contributed by atoms with E-state index in [1.165, 1.54) is 6.07 Å². The molecule has 0 radical (unpaired) electrons. The van der Waals surface area contributed by atoms with Gasteiger partial charge in [-0.05, 0) is 12.0 Å². The standard InChI is InChI=1S/C9H12O4/c1-6(2)7-4-3-5-8(12-10)9(7)13-11/h3-6,10-11H,1-2H3. The van der Waals surface area contributed by atoms with Crippen molar-refractivity contribution in [2.75, 3.05) is 0 Å². The summed E-state index contributed by atoms with van der Waals surface area (Å²) < 4.78 is 0. The second kappa shape index (κ2) is 4.11. The van der Waals surface area contributed by atoms with E-state index in [0.29, 0.717) is 0 Å². The molecule has 1 aromatic carbocycles. The first kappa shape index (κ1) is 9.83. The molecule has 0 unspecified atom stereocenters. The molecule has 13 heavy (non-hydrogen) atoms. The number of para-hydroxylation sites is 1. The summed E-state index contributed by atoms with van der Waals surface area (Å²) in [4.78, 5) is 8.19. The largest absolute Gasteiger partial charge is 0.336 e. The molecule has 0 amide bonds. The average molecular weight is 184 g/mol. The molecule has 0 saturated carbocycles. The second-order valence-corrected chi connectivity index (χ2v) is 3.01. The zero-order valence-electron chi connectivity index (χ0n) is 7.52. The molecule has 72 valence electrons. The lowest BCUT2D eigenvalue weighted by Gasteiger charge is -2.11. The summed E-state index contributed by atoms with van der Waals surface area (Å²) >= 11 is 0. The van der Waals surface area contributed by atoms with Gasteiger partial charge in [0.15, 0.2) is 0 Å². The van der Waals surface area contributed by atoms with Gasteiger partial charge in [-0.3, -0.25) is 0 Å². The Morgan fingerprint density at radius 2 is 1.85 bits per heavy atom. The molecule has 4 heteroatoms. The summed E-state index contributed by atoms with van der Waals surface area (Å²) in [5.41, 5.74) is 0.772. The fraction of sp³-hybridized carbons (Fsp3) is 0.333. The minimum Gasteiger partial charge on any atom is -0.336 e. The molecule has 2 N–H and O–H groups in total. The van der Waals surface area contributed by atoms with E-state index in [0.717, 1.165) is 5.56 Å². The minimum absolute atomic E-state index is 0.105. The maximum Gasteiger partial charge on any atom is 0.214 e. The number of hydrogen-bond acceptors (Lipinski definition) is 4.